The Bertz CT molecular complexity index is 526. The Kier molecular flexibility index (Phi) is 5.89. The van der Waals surface area contributed by atoms with Crippen LogP contribution in [-0.4, -0.2) is 22.1 Å². The van der Waals surface area contributed by atoms with Crippen LogP contribution in [0.25, 0.3) is 0 Å². The Morgan fingerprint density at radius 1 is 1.32 bits per heavy atom. The number of carbonyl (C=O) groups is 2. The van der Waals surface area contributed by atoms with E-state index in [0.29, 0.717) is 21.1 Å². The predicted octanol–water partition coefficient (Wildman–Crippen LogP) is 3.13. The number of halogens is 2. The number of carbonyl (C=O) groups excluding carboxylic acids is 1. The first-order valence-electron chi connectivity index (χ1n) is 5.18. The molecule has 8 heteroatoms. The molecule has 0 aliphatic rings. The molecule has 0 aromatic heterocycles. The average molecular weight is 410 g/mol. The molecule has 0 saturated carbocycles. The molecule has 0 aliphatic carbocycles. The van der Waals surface area contributed by atoms with E-state index < -0.39 is 5.97 Å². The lowest BCUT2D eigenvalue weighted by atomic mass is 10.2. The van der Waals surface area contributed by atoms with Gasteiger partial charge in [0.15, 0.2) is 5.11 Å². The standard InChI is InChI=1S/C11H10Br2N2O3S/c1-2-8(16)14-11(19)15-9-6(12)3-5(10(17)18)4-7(9)13/h3-4H,2H2,1H3,(H,17,18)(H2,14,15,16,19). The quantitative estimate of drug-likeness (QED) is 0.668. The van der Waals surface area contributed by atoms with Gasteiger partial charge in [-0.05, 0) is 56.2 Å². The highest BCUT2D eigenvalue weighted by molar-refractivity contribution is 9.11. The number of hydrogen-bond acceptors (Lipinski definition) is 3. The van der Waals surface area contributed by atoms with Gasteiger partial charge in [0.2, 0.25) is 5.91 Å². The first-order valence-corrected chi connectivity index (χ1v) is 7.17. The van der Waals surface area contributed by atoms with Crippen LogP contribution < -0.4 is 10.6 Å². The summed E-state index contributed by atoms with van der Waals surface area (Å²) in [6.07, 6.45) is 0.322. The van der Waals surface area contributed by atoms with Gasteiger partial charge < -0.3 is 15.7 Å². The van der Waals surface area contributed by atoms with E-state index in [9.17, 15) is 9.59 Å². The Morgan fingerprint density at radius 3 is 2.26 bits per heavy atom. The van der Waals surface area contributed by atoms with Crippen molar-refractivity contribution < 1.29 is 14.7 Å². The van der Waals surface area contributed by atoms with Gasteiger partial charge in [0.1, 0.15) is 0 Å². The monoisotopic (exact) mass is 408 g/mol. The van der Waals surface area contributed by atoms with E-state index in [1.54, 1.807) is 6.92 Å². The second-order valence-corrected chi connectivity index (χ2v) is 5.59. The second kappa shape index (κ2) is 6.97. The van der Waals surface area contributed by atoms with Crippen molar-refractivity contribution in [1.82, 2.24) is 5.32 Å². The molecular formula is C11H10Br2N2O3S. The third-order valence-electron chi connectivity index (χ3n) is 2.10. The summed E-state index contributed by atoms with van der Waals surface area (Å²) in [5, 5.41) is 14.4. The van der Waals surface area contributed by atoms with Gasteiger partial charge in [-0.3, -0.25) is 4.79 Å². The van der Waals surface area contributed by atoms with E-state index in [2.05, 4.69) is 42.5 Å². The molecule has 3 N–H and O–H groups in total. The maximum Gasteiger partial charge on any atom is 0.335 e. The van der Waals surface area contributed by atoms with E-state index in [4.69, 9.17) is 17.3 Å². The van der Waals surface area contributed by atoms with Crippen LogP contribution in [0.2, 0.25) is 0 Å². The third-order valence-corrected chi connectivity index (χ3v) is 3.56. The SMILES string of the molecule is CCC(=O)NC(=S)Nc1c(Br)cc(C(=O)O)cc1Br. The van der Waals surface area contributed by atoms with Gasteiger partial charge in [-0.25, -0.2) is 4.79 Å². The zero-order valence-corrected chi connectivity index (χ0v) is 13.8. The highest BCUT2D eigenvalue weighted by atomic mass is 79.9. The lowest BCUT2D eigenvalue weighted by molar-refractivity contribution is -0.119. The van der Waals surface area contributed by atoms with Crippen LogP contribution in [-0.2, 0) is 4.79 Å². The molecule has 0 spiro atoms. The van der Waals surface area contributed by atoms with Crippen molar-refractivity contribution in [3.05, 3.63) is 26.6 Å². The fraction of sp³-hybridized carbons (Fsp3) is 0.182. The summed E-state index contributed by atoms with van der Waals surface area (Å²) in [6, 6.07) is 2.89. The van der Waals surface area contributed by atoms with Gasteiger partial charge in [0.25, 0.3) is 0 Å². The topological polar surface area (TPSA) is 78.4 Å². The van der Waals surface area contributed by atoms with Crippen LogP contribution >= 0.6 is 44.1 Å². The number of amides is 1. The zero-order valence-electron chi connectivity index (χ0n) is 9.79. The van der Waals surface area contributed by atoms with Crippen molar-refractivity contribution in [2.75, 3.05) is 5.32 Å². The molecule has 0 atom stereocenters. The van der Waals surface area contributed by atoms with Gasteiger partial charge in [-0.1, -0.05) is 6.92 Å². The molecule has 19 heavy (non-hydrogen) atoms. The highest BCUT2D eigenvalue weighted by Crippen LogP contribution is 2.32. The fourth-order valence-corrected chi connectivity index (χ4v) is 2.78. The Labute approximate surface area is 132 Å². The number of anilines is 1. The molecule has 1 amide bonds. The molecular weight excluding hydrogens is 400 g/mol. The molecule has 0 heterocycles. The maximum absolute atomic E-state index is 11.2. The molecule has 0 fully saturated rings. The summed E-state index contributed by atoms with van der Waals surface area (Å²) >= 11 is 11.5. The number of benzene rings is 1. The summed E-state index contributed by atoms with van der Waals surface area (Å²) in [7, 11) is 0. The van der Waals surface area contributed by atoms with Crippen LogP contribution in [0.4, 0.5) is 5.69 Å². The predicted molar refractivity (Wildman–Crippen MR) is 83.5 cm³/mol. The van der Waals surface area contributed by atoms with Gasteiger partial charge in [-0.15, -0.1) is 0 Å². The number of thiocarbonyl (C=S) groups is 1. The van der Waals surface area contributed by atoms with Crippen molar-refractivity contribution in [2.24, 2.45) is 0 Å². The zero-order chi connectivity index (χ0) is 14.6. The number of rotatable bonds is 3. The smallest absolute Gasteiger partial charge is 0.335 e. The summed E-state index contributed by atoms with van der Waals surface area (Å²) < 4.78 is 1.04. The average Bonchev–Trinajstić information content (AvgIpc) is 2.33. The first-order chi connectivity index (χ1) is 8.85. The summed E-state index contributed by atoms with van der Waals surface area (Å²) in [4.78, 5) is 22.1. The summed E-state index contributed by atoms with van der Waals surface area (Å²) in [5.41, 5.74) is 0.680. The van der Waals surface area contributed by atoms with Gasteiger partial charge in [0.05, 0.1) is 11.3 Å². The molecule has 102 valence electrons. The summed E-state index contributed by atoms with van der Waals surface area (Å²) in [5.74, 6) is -1.23. The molecule has 1 rings (SSSR count). The molecule has 1 aromatic carbocycles. The van der Waals surface area contributed by atoms with Crippen LogP contribution in [0, 0.1) is 0 Å². The van der Waals surface area contributed by atoms with Crippen molar-refractivity contribution in [1.29, 1.82) is 0 Å². The first kappa shape index (κ1) is 16.1. The Balaban J connectivity index is 2.93. The molecule has 5 nitrogen and oxygen atoms in total. The van der Waals surface area contributed by atoms with Crippen molar-refractivity contribution >= 4 is 66.8 Å². The molecule has 0 unspecified atom stereocenters. The van der Waals surface area contributed by atoms with E-state index in [1.165, 1.54) is 12.1 Å². The number of hydrogen-bond donors (Lipinski definition) is 3. The molecule has 1 aromatic rings. The number of carboxylic acids is 1. The van der Waals surface area contributed by atoms with Crippen molar-refractivity contribution in [3.63, 3.8) is 0 Å². The largest absolute Gasteiger partial charge is 0.478 e. The van der Waals surface area contributed by atoms with E-state index in [1.807, 2.05) is 0 Å². The van der Waals surface area contributed by atoms with Gasteiger partial charge >= 0.3 is 5.97 Å². The van der Waals surface area contributed by atoms with E-state index >= 15 is 0 Å². The summed E-state index contributed by atoms with van der Waals surface area (Å²) in [6.45, 7) is 1.71. The number of carboxylic acid groups (broad SMARTS) is 1. The molecule has 0 radical (unpaired) electrons. The van der Waals surface area contributed by atoms with Crippen LogP contribution in [0.3, 0.4) is 0 Å². The number of aromatic carboxylic acids is 1. The van der Waals surface area contributed by atoms with Crippen LogP contribution in [0.1, 0.15) is 23.7 Å². The second-order valence-electron chi connectivity index (χ2n) is 3.48. The lowest BCUT2D eigenvalue weighted by Crippen LogP contribution is -2.33. The fourth-order valence-electron chi connectivity index (χ4n) is 1.18. The Morgan fingerprint density at radius 2 is 1.84 bits per heavy atom. The van der Waals surface area contributed by atoms with Crippen LogP contribution in [0.5, 0.6) is 0 Å². The minimum Gasteiger partial charge on any atom is -0.478 e. The van der Waals surface area contributed by atoms with Gasteiger partial charge in [-0.2, -0.15) is 0 Å². The molecule has 0 saturated heterocycles. The lowest BCUT2D eigenvalue weighted by Gasteiger charge is -2.13. The van der Waals surface area contributed by atoms with Crippen LogP contribution in [0.15, 0.2) is 21.1 Å². The highest BCUT2D eigenvalue weighted by Gasteiger charge is 2.13. The maximum atomic E-state index is 11.2. The number of nitrogens with one attached hydrogen (secondary N) is 2. The third kappa shape index (κ3) is 4.55. The Hall–Kier alpha value is -0.990. The van der Waals surface area contributed by atoms with E-state index in [0.717, 1.165) is 0 Å². The van der Waals surface area contributed by atoms with Crippen molar-refractivity contribution in [2.45, 2.75) is 13.3 Å². The molecule has 0 aliphatic heterocycles. The van der Waals surface area contributed by atoms with E-state index in [-0.39, 0.29) is 16.6 Å². The minimum atomic E-state index is -1.03. The van der Waals surface area contributed by atoms with Gasteiger partial charge in [0, 0.05) is 15.4 Å². The molecule has 0 bridgehead atoms. The van der Waals surface area contributed by atoms with Crippen molar-refractivity contribution in [3.8, 4) is 0 Å². The minimum absolute atomic E-state index is 0.132. The normalized spacial score (nSPS) is 9.84.